The monoisotopic (exact) mass is 224 g/mol. The molecule has 1 saturated heterocycles. The number of halogens is 1. The summed E-state index contributed by atoms with van der Waals surface area (Å²) < 4.78 is 0. The Kier molecular flexibility index (Phi) is 3.60. The Morgan fingerprint density at radius 1 is 1.47 bits per heavy atom. The van der Waals surface area contributed by atoms with Gasteiger partial charge >= 0.3 is 0 Å². The predicted molar refractivity (Wildman–Crippen MR) is 62.9 cm³/mol. The van der Waals surface area contributed by atoms with Crippen molar-refractivity contribution in [1.29, 1.82) is 0 Å². The molecular formula is C12H17ClN2. The number of alkyl halides is 1. The highest BCUT2D eigenvalue weighted by molar-refractivity contribution is 6.20. The van der Waals surface area contributed by atoms with Crippen molar-refractivity contribution in [2.24, 2.45) is 5.92 Å². The van der Waals surface area contributed by atoms with Gasteiger partial charge in [0.25, 0.3) is 0 Å². The van der Waals surface area contributed by atoms with E-state index < -0.39 is 0 Å². The van der Waals surface area contributed by atoms with E-state index in [9.17, 15) is 0 Å². The van der Waals surface area contributed by atoms with Crippen LogP contribution in [-0.4, -0.2) is 28.4 Å². The van der Waals surface area contributed by atoms with E-state index in [1.165, 1.54) is 5.56 Å². The fourth-order valence-corrected chi connectivity index (χ4v) is 2.27. The molecule has 0 radical (unpaired) electrons. The fourth-order valence-electron chi connectivity index (χ4n) is 2.09. The van der Waals surface area contributed by atoms with Crippen molar-refractivity contribution in [3.8, 4) is 0 Å². The molecule has 0 N–H and O–H groups in total. The molecule has 2 heterocycles. The number of aromatic nitrogens is 1. The normalized spacial score (nSPS) is 27.9. The molecule has 1 aromatic heterocycles. The average Bonchev–Trinajstić information content (AvgIpc) is 2.25. The Hall–Kier alpha value is -0.600. The number of likely N-dealkylation sites (tertiary alicyclic amines) is 1. The van der Waals surface area contributed by atoms with Crippen LogP contribution in [0, 0.1) is 5.92 Å². The number of pyridine rings is 1. The summed E-state index contributed by atoms with van der Waals surface area (Å²) in [6.07, 6.45) is 4.81. The van der Waals surface area contributed by atoms with Crippen LogP contribution in [0.25, 0.3) is 0 Å². The molecule has 2 nitrogen and oxygen atoms in total. The fraction of sp³-hybridized carbons (Fsp3) is 0.583. The smallest absolute Gasteiger partial charge is 0.0386 e. The van der Waals surface area contributed by atoms with Crippen LogP contribution in [0.3, 0.4) is 0 Å². The first-order chi connectivity index (χ1) is 7.25. The number of piperidine rings is 1. The first kappa shape index (κ1) is 10.9. The van der Waals surface area contributed by atoms with E-state index in [-0.39, 0.29) is 0 Å². The van der Waals surface area contributed by atoms with Crippen LogP contribution in [0.4, 0.5) is 0 Å². The van der Waals surface area contributed by atoms with Crippen LogP contribution in [0.2, 0.25) is 0 Å². The minimum Gasteiger partial charge on any atom is -0.299 e. The summed E-state index contributed by atoms with van der Waals surface area (Å²) in [5, 5.41) is 0.360. The van der Waals surface area contributed by atoms with Gasteiger partial charge in [0, 0.05) is 30.9 Å². The highest BCUT2D eigenvalue weighted by atomic mass is 35.5. The molecule has 0 spiro atoms. The van der Waals surface area contributed by atoms with Gasteiger partial charge in [-0.15, -0.1) is 11.6 Å². The minimum absolute atomic E-state index is 0.360. The van der Waals surface area contributed by atoms with Crippen molar-refractivity contribution >= 4 is 11.6 Å². The van der Waals surface area contributed by atoms with Crippen LogP contribution in [0.1, 0.15) is 18.9 Å². The van der Waals surface area contributed by atoms with Crippen molar-refractivity contribution in [1.82, 2.24) is 9.88 Å². The summed E-state index contributed by atoms with van der Waals surface area (Å²) in [5.74, 6) is 0.599. The van der Waals surface area contributed by atoms with Gasteiger partial charge in [-0.2, -0.15) is 0 Å². The largest absolute Gasteiger partial charge is 0.299 e. The first-order valence-corrected chi connectivity index (χ1v) is 5.94. The number of rotatable bonds is 2. The van der Waals surface area contributed by atoms with Gasteiger partial charge in [0.2, 0.25) is 0 Å². The maximum Gasteiger partial charge on any atom is 0.0386 e. The highest BCUT2D eigenvalue weighted by Crippen LogP contribution is 2.22. The maximum atomic E-state index is 6.20. The van der Waals surface area contributed by atoms with E-state index >= 15 is 0 Å². The second-order valence-corrected chi connectivity index (χ2v) is 4.93. The third kappa shape index (κ3) is 2.93. The van der Waals surface area contributed by atoms with Crippen molar-refractivity contribution in [3.63, 3.8) is 0 Å². The summed E-state index contributed by atoms with van der Waals surface area (Å²) in [6, 6.07) is 4.16. The summed E-state index contributed by atoms with van der Waals surface area (Å²) in [6.45, 7) is 5.48. The van der Waals surface area contributed by atoms with Crippen LogP contribution in [0.15, 0.2) is 24.5 Å². The van der Waals surface area contributed by atoms with Gasteiger partial charge in [-0.25, -0.2) is 0 Å². The molecule has 0 amide bonds. The second-order valence-electron chi connectivity index (χ2n) is 4.37. The first-order valence-electron chi connectivity index (χ1n) is 5.51. The Morgan fingerprint density at radius 2 is 2.20 bits per heavy atom. The molecule has 1 fully saturated rings. The third-order valence-corrected chi connectivity index (χ3v) is 3.69. The van der Waals surface area contributed by atoms with Gasteiger partial charge in [-0.05, 0) is 36.6 Å². The predicted octanol–water partition coefficient (Wildman–Crippen LogP) is 2.53. The molecule has 0 bridgehead atoms. The van der Waals surface area contributed by atoms with E-state index in [0.717, 1.165) is 26.1 Å². The van der Waals surface area contributed by atoms with Gasteiger partial charge in [0.15, 0.2) is 0 Å². The summed E-state index contributed by atoms with van der Waals surface area (Å²) in [4.78, 5) is 6.50. The van der Waals surface area contributed by atoms with Crippen molar-refractivity contribution < 1.29 is 0 Å². The Labute approximate surface area is 96.3 Å². The summed E-state index contributed by atoms with van der Waals surface area (Å²) >= 11 is 6.20. The molecule has 1 aliphatic heterocycles. The van der Waals surface area contributed by atoms with Crippen LogP contribution < -0.4 is 0 Å². The molecule has 2 rings (SSSR count). The molecule has 0 saturated carbocycles. The summed E-state index contributed by atoms with van der Waals surface area (Å²) in [5.41, 5.74) is 1.34. The number of nitrogens with zero attached hydrogens (tertiary/aromatic N) is 2. The average molecular weight is 225 g/mol. The van der Waals surface area contributed by atoms with Crippen LogP contribution in [-0.2, 0) is 6.54 Å². The molecule has 0 aliphatic carbocycles. The molecule has 15 heavy (non-hydrogen) atoms. The molecule has 2 atom stereocenters. The number of hydrogen-bond donors (Lipinski definition) is 0. The topological polar surface area (TPSA) is 16.1 Å². The zero-order valence-electron chi connectivity index (χ0n) is 9.06. The van der Waals surface area contributed by atoms with Crippen LogP contribution in [0.5, 0.6) is 0 Å². The lowest BCUT2D eigenvalue weighted by Crippen LogP contribution is -2.39. The van der Waals surface area contributed by atoms with E-state index in [2.05, 4.69) is 28.9 Å². The minimum atomic E-state index is 0.360. The lowest BCUT2D eigenvalue weighted by Gasteiger charge is -2.34. The standard InChI is InChI=1S/C12H17ClN2/c1-10-8-15(7-4-12(10)13)9-11-2-5-14-6-3-11/h2-3,5-6,10,12H,4,7-9H2,1H3. The van der Waals surface area contributed by atoms with Gasteiger partial charge in [0.1, 0.15) is 0 Å². The second kappa shape index (κ2) is 4.95. The lowest BCUT2D eigenvalue weighted by molar-refractivity contribution is 0.180. The van der Waals surface area contributed by atoms with E-state index in [1.807, 2.05) is 12.4 Å². The van der Waals surface area contributed by atoms with Gasteiger partial charge in [-0.1, -0.05) is 6.92 Å². The summed E-state index contributed by atoms with van der Waals surface area (Å²) in [7, 11) is 0. The Bertz CT molecular complexity index is 302. The molecule has 1 aromatic rings. The van der Waals surface area contributed by atoms with Crippen LogP contribution >= 0.6 is 11.6 Å². The molecule has 0 aromatic carbocycles. The highest BCUT2D eigenvalue weighted by Gasteiger charge is 2.23. The van der Waals surface area contributed by atoms with Gasteiger partial charge < -0.3 is 0 Å². The molecule has 1 aliphatic rings. The molecule has 3 heteroatoms. The van der Waals surface area contributed by atoms with Gasteiger partial charge in [0.05, 0.1) is 0 Å². The number of hydrogen-bond acceptors (Lipinski definition) is 2. The van der Waals surface area contributed by atoms with Crippen molar-refractivity contribution in [2.45, 2.75) is 25.3 Å². The van der Waals surface area contributed by atoms with Crippen molar-refractivity contribution in [2.75, 3.05) is 13.1 Å². The maximum absolute atomic E-state index is 6.20. The zero-order valence-corrected chi connectivity index (χ0v) is 9.82. The molecule has 82 valence electrons. The molecule has 2 unspecified atom stereocenters. The van der Waals surface area contributed by atoms with E-state index in [4.69, 9.17) is 11.6 Å². The molecular weight excluding hydrogens is 208 g/mol. The van der Waals surface area contributed by atoms with E-state index in [1.54, 1.807) is 0 Å². The van der Waals surface area contributed by atoms with Crippen molar-refractivity contribution in [3.05, 3.63) is 30.1 Å². The zero-order chi connectivity index (χ0) is 10.7. The SMILES string of the molecule is CC1CN(Cc2ccncc2)CCC1Cl. The Balaban J connectivity index is 1.91. The quantitative estimate of drug-likeness (QED) is 0.718. The van der Waals surface area contributed by atoms with E-state index in [0.29, 0.717) is 11.3 Å². The third-order valence-electron chi connectivity index (χ3n) is 3.04. The lowest BCUT2D eigenvalue weighted by atomic mass is 9.99. The van der Waals surface area contributed by atoms with Gasteiger partial charge in [-0.3, -0.25) is 9.88 Å². The Morgan fingerprint density at radius 3 is 2.87 bits per heavy atom.